The van der Waals surface area contributed by atoms with Crippen molar-refractivity contribution in [3.63, 3.8) is 0 Å². The minimum atomic E-state index is -5.20. The summed E-state index contributed by atoms with van der Waals surface area (Å²) in [4.78, 5) is -0.846. The van der Waals surface area contributed by atoms with Crippen molar-refractivity contribution >= 4 is 22.8 Å². The summed E-state index contributed by atoms with van der Waals surface area (Å²) in [5, 5.41) is 0.0970. The summed E-state index contributed by atoms with van der Waals surface area (Å²) in [7, 11) is 0. The molecule has 0 aliphatic rings. The highest BCUT2D eigenvalue weighted by Gasteiger charge is 2.23. The van der Waals surface area contributed by atoms with Gasteiger partial charge in [-0.05, 0) is 18.6 Å². The first-order chi connectivity index (χ1) is 5.25. The van der Waals surface area contributed by atoms with Gasteiger partial charge in [-0.1, -0.05) is 24.8 Å². The third-order valence-corrected chi connectivity index (χ3v) is 2.11. The second kappa shape index (κ2) is 4.05. The van der Waals surface area contributed by atoms with Crippen LogP contribution in [0.1, 0.15) is 6.92 Å². The van der Waals surface area contributed by atoms with Crippen LogP contribution in [-0.4, -0.2) is 0 Å². The van der Waals surface area contributed by atoms with Gasteiger partial charge < -0.3 is 0 Å². The predicted molar refractivity (Wildman–Crippen MR) is 48.8 cm³/mol. The largest absolute Gasteiger partial charge is 0.237 e. The monoisotopic (exact) mass is 216 g/mol. The van der Waals surface area contributed by atoms with Gasteiger partial charge >= 0.3 is 0 Å². The topological polar surface area (TPSA) is 0 Å². The van der Waals surface area contributed by atoms with Crippen molar-refractivity contribution in [3.05, 3.63) is 34.7 Å². The quantitative estimate of drug-likeness (QED) is 0.602. The maximum absolute atomic E-state index is 11.9. The Hall–Kier alpha value is -0.350. The van der Waals surface area contributed by atoms with Gasteiger partial charge in [-0.15, -0.1) is 11.7 Å². The van der Waals surface area contributed by atoms with Crippen LogP contribution in [0, 0.1) is 0 Å². The van der Waals surface area contributed by atoms with E-state index in [0.29, 0.717) is 0 Å². The molecule has 12 heavy (non-hydrogen) atoms. The van der Waals surface area contributed by atoms with E-state index >= 15 is 0 Å². The van der Waals surface area contributed by atoms with Gasteiger partial charge in [-0.25, -0.2) is 0 Å². The fraction of sp³-hybridized carbons (Fsp3) is 0.143. The molecule has 0 saturated heterocycles. The molecule has 70 valence electrons. The van der Waals surface area contributed by atoms with Gasteiger partial charge in [0.2, 0.25) is 11.2 Å². The summed E-state index contributed by atoms with van der Waals surface area (Å²) in [6, 6.07) is 0. The standard InChI is InChI=1S/C7H8ClF3S/c1-5(7(3)8)4-6(2)12(9,10)11/h4H,2-3H2,1H3/b5-4-. The number of hydrogen-bond donors (Lipinski definition) is 0. The van der Waals surface area contributed by atoms with Crippen LogP contribution in [0.2, 0.25) is 0 Å². The first kappa shape index (κ1) is 11.6. The molecule has 0 atom stereocenters. The number of rotatable bonds is 3. The number of hydrogen-bond acceptors (Lipinski definition) is 0. The molecule has 0 N–H and O–H groups in total. The summed E-state index contributed by atoms with van der Waals surface area (Å²) < 4.78 is 35.8. The maximum Gasteiger partial charge on any atom is 0.237 e. The van der Waals surface area contributed by atoms with Crippen molar-refractivity contribution in [2.45, 2.75) is 6.92 Å². The van der Waals surface area contributed by atoms with E-state index in [1.165, 1.54) is 6.92 Å². The molecule has 0 aromatic heterocycles. The highest BCUT2D eigenvalue weighted by atomic mass is 35.5. The minimum Gasteiger partial charge on any atom is -0.120 e. The molecule has 0 rings (SSSR count). The Bertz CT molecular complexity index is 240. The predicted octanol–water partition coefficient (Wildman–Crippen LogP) is 4.66. The molecule has 0 aliphatic heterocycles. The third-order valence-electron chi connectivity index (χ3n) is 1.10. The van der Waals surface area contributed by atoms with Crippen molar-refractivity contribution in [1.29, 1.82) is 0 Å². The molecule has 0 bridgehead atoms. The Labute approximate surface area is 76.6 Å². The zero-order valence-corrected chi connectivity index (χ0v) is 7.98. The third kappa shape index (κ3) is 3.88. The Morgan fingerprint density at radius 1 is 1.33 bits per heavy atom. The molecule has 0 nitrogen and oxygen atoms in total. The summed E-state index contributed by atoms with van der Waals surface area (Å²) in [5.74, 6) is 0. The van der Waals surface area contributed by atoms with Crippen molar-refractivity contribution in [1.82, 2.24) is 0 Å². The first-order valence-corrected chi connectivity index (χ1v) is 4.60. The van der Waals surface area contributed by atoms with E-state index in [9.17, 15) is 11.7 Å². The zero-order chi connectivity index (χ0) is 9.94. The Balaban J connectivity index is 4.57. The molecule has 0 fully saturated rings. The van der Waals surface area contributed by atoms with Gasteiger partial charge in [-0.3, -0.25) is 0 Å². The van der Waals surface area contributed by atoms with E-state index in [-0.39, 0.29) is 10.6 Å². The minimum absolute atomic E-state index is 0.0970. The molecular formula is C7H8ClF3S. The average molecular weight is 217 g/mol. The molecular weight excluding hydrogens is 209 g/mol. The molecule has 0 aromatic carbocycles. The summed E-state index contributed by atoms with van der Waals surface area (Å²) >= 11 is 0.158. The molecule has 0 radical (unpaired) electrons. The van der Waals surface area contributed by atoms with Gasteiger partial charge in [0.1, 0.15) is 0 Å². The van der Waals surface area contributed by atoms with Crippen molar-refractivity contribution in [3.8, 4) is 0 Å². The van der Waals surface area contributed by atoms with E-state index in [1.807, 2.05) is 0 Å². The highest BCUT2D eigenvalue weighted by Crippen LogP contribution is 2.60. The highest BCUT2D eigenvalue weighted by molar-refractivity contribution is 8.24. The van der Waals surface area contributed by atoms with E-state index in [0.717, 1.165) is 6.08 Å². The number of halogens is 4. The molecule has 5 heteroatoms. The molecule has 0 saturated carbocycles. The maximum atomic E-state index is 11.9. The Morgan fingerprint density at radius 2 is 1.75 bits per heavy atom. The van der Waals surface area contributed by atoms with Crippen LogP contribution in [0.5, 0.6) is 0 Å². The molecule has 0 heterocycles. The fourth-order valence-corrected chi connectivity index (χ4v) is 0.752. The summed E-state index contributed by atoms with van der Waals surface area (Å²) in [5.41, 5.74) is 0.284. The van der Waals surface area contributed by atoms with Crippen LogP contribution in [0.15, 0.2) is 34.7 Å². The molecule has 0 aromatic rings. The first-order valence-electron chi connectivity index (χ1n) is 2.89. The molecule has 0 unspecified atom stereocenters. The molecule has 0 amide bonds. The van der Waals surface area contributed by atoms with E-state index in [4.69, 9.17) is 11.6 Å². The van der Waals surface area contributed by atoms with Crippen LogP contribution < -0.4 is 0 Å². The van der Waals surface area contributed by atoms with Gasteiger partial charge in [0.25, 0.3) is 0 Å². The summed E-state index contributed by atoms with van der Waals surface area (Å²) in [6.07, 6.45) is 0.894. The van der Waals surface area contributed by atoms with Crippen LogP contribution >= 0.6 is 22.8 Å². The van der Waals surface area contributed by atoms with Crippen LogP contribution in [0.25, 0.3) is 0 Å². The second-order valence-corrected chi connectivity index (χ2v) is 3.90. The van der Waals surface area contributed by atoms with Crippen molar-refractivity contribution in [2.24, 2.45) is 0 Å². The van der Waals surface area contributed by atoms with E-state index in [2.05, 4.69) is 13.2 Å². The second-order valence-electron chi connectivity index (χ2n) is 2.10. The normalized spacial score (nSPS) is 14.2. The Kier molecular flexibility index (Phi) is 3.93. The molecule has 0 spiro atoms. The summed E-state index contributed by atoms with van der Waals surface area (Å²) in [6.45, 7) is 7.62. The van der Waals surface area contributed by atoms with E-state index < -0.39 is 16.1 Å². The van der Waals surface area contributed by atoms with Gasteiger partial charge in [0.05, 0.1) is 4.91 Å². The van der Waals surface area contributed by atoms with Crippen molar-refractivity contribution < 1.29 is 11.7 Å². The lowest BCUT2D eigenvalue weighted by atomic mass is 10.3. The molecule has 0 aliphatic carbocycles. The lowest BCUT2D eigenvalue weighted by molar-refractivity contribution is 0.649. The van der Waals surface area contributed by atoms with E-state index in [1.54, 1.807) is 0 Å². The van der Waals surface area contributed by atoms with Crippen LogP contribution in [0.4, 0.5) is 11.7 Å². The Morgan fingerprint density at radius 3 is 2.00 bits per heavy atom. The average Bonchev–Trinajstić information content (AvgIpc) is 1.85. The van der Waals surface area contributed by atoms with Crippen molar-refractivity contribution in [2.75, 3.05) is 0 Å². The fourth-order valence-electron chi connectivity index (χ4n) is 0.387. The van der Waals surface area contributed by atoms with Gasteiger partial charge in [0, 0.05) is 5.03 Å². The van der Waals surface area contributed by atoms with Gasteiger partial charge in [0.15, 0.2) is 0 Å². The SMILES string of the molecule is C=C(Cl)/C(C)=C\C(=C)S(F)(F)F. The van der Waals surface area contributed by atoms with Crippen LogP contribution in [0.3, 0.4) is 0 Å². The van der Waals surface area contributed by atoms with Gasteiger partial charge in [-0.2, -0.15) is 0 Å². The van der Waals surface area contributed by atoms with Crippen LogP contribution in [-0.2, 0) is 0 Å². The smallest absolute Gasteiger partial charge is 0.120 e. The number of allylic oxidation sites excluding steroid dienone is 3. The lowest BCUT2D eigenvalue weighted by Crippen LogP contribution is -1.81. The lowest BCUT2D eigenvalue weighted by Gasteiger charge is -2.09. The zero-order valence-electron chi connectivity index (χ0n) is 6.41.